The highest BCUT2D eigenvalue weighted by atomic mass is 35.5. The van der Waals surface area contributed by atoms with Crippen molar-refractivity contribution in [2.75, 3.05) is 10.2 Å². The van der Waals surface area contributed by atoms with Crippen molar-refractivity contribution < 1.29 is 9.59 Å². The molecule has 1 aliphatic heterocycles. The van der Waals surface area contributed by atoms with E-state index in [1.807, 2.05) is 32.9 Å². The van der Waals surface area contributed by atoms with Crippen LogP contribution in [-0.4, -0.2) is 27.6 Å². The lowest BCUT2D eigenvalue weighted by atomic mass is 10.1. The zero-order chi connectivity index (χ0) is 18.1. The van der Waals surface area contributed by atoms with Crippen LogP contribution in [0.25, 0.3) is 0 Å². The monoisotopic (exact) mass is 360 g/mol. The first-order chi connectivity index (χ1) is 11.9. The molecule has 0 bridgehead atoms. The molecule has 0 aliphatic carbocycles. The molecule has 1 aliphatic rings. The summed E-state index contributed by atoms with van der Waals surface area (Å²) in [7, 11) is 0. The number of anilines is 2. The van der Waals surface area contributed by atoms with Gasteiger partial charge in [-0.15, -0.1) is 0 Å². The van der Waals surface area contributed by atoms with Gasteiger partial charge in [-0.1, -0.05) is 24.6 Å². The fourth-order valence-corrected chi connectivity index (χ4v) is 3.28. The second kappa shape index (κ2) is 6.88. The summed E-state index contributed by atoms with van der Waals surface area (Å²) in [6.07, 6.45) is 0.843. The van der Waals surface area contributed by atoms with Crippen LogP contribution in [0.15, 0.2) is 24.3 Å². The van der Waals surface area contributed by atoms with E-state index in [2.05, 4.69) is 10.4 Å². The normalized spacial score (nSPS) is 15.0. The van der Waals surface area contributed by atoms with E-state index in [9.17, 15) is 9.59 Å². The van der Waals surface area contributed by atoms with Crippen molar-refractivity contribution >= 4 is 34.9 Å². The summed E-state index contributed by atoms with van der Waals surface area (Å²) in [5, 5.41) is 7.86. The van der Waals surface area contributed by atoms with Crippen LogP contribution in [0.2, 0.25) is 5.02 Å². The highest BCUT2D eigenvalue weighted by Crippen LogP contribution is 2.27. The van der Waals surface area contributed by atoms with Gasteiger partial charge in [0.2, 0.25) is 11.8 Å². The van der Waals surface area contributed by atoms with Gasteiger partial charge in [0.25, 0.3) is 0 Å². The Bertz CT molecular complexity index is 830. The van der Waals surface area contributed by atoms with E-state index in [4.69, 9.17) is 11.6 Å². The van der Waals surface area contributed by atoms with Gasteiger partial charge < -0.3 is 5.32 Å². The fraction of sp³-hybridized carbons (Fsp3) is 0.389. The minimum Gasteiger partial charge on any atom is -0.324 e. The predicted octanol–water partition coefficient (Wildman–Crippen LogP) is 3.31. The number of carbonyl (C=O) groups is 2. The van der Waals surface area contributed by atoms with Crippen molar-refractivity contribution in [1.29, 1.82) is 0 Å². The number of aryl methyl sites for hydroxylation is 3. The molecule has 0 fully saturated rings. The van der Waals surface area contributed by atoms with Crippen LogP contribution in [0.1, 0.15) is 31.0 Å². The molecular formula is C18H21ClN4O2. The van der Waals surface area contributed by atoms with E-state index >= 15 is 0 Å². The van der Waals surface area contributed by atoms with Gasteiger partial charge >= 0.3 is 0 Å². The van der Waals surface area contributed by atoms with E-state index < -0.39 is 6.04 Å². The van der Waals surface area contributed by atoms with E-state index in [1.165, 1.54) is 0 Å². The van der Waals surface area contributed by atoms with Crippen LogP contribution in [-0.2, 0) is 16.1 Å². The van der Waals surface area contributed by atoms with Crippen LogP contribution in [0.5, 0.6) is 0 Å². The molecule has 1 atom stereocenters. The Morgan fingerprint density at radius 1 is 1.36 bits per heavy atom. The lowest BCUT2D eigenvalue weighted by Crippen LogP contribution is -2.50. The molecule has 3 rings (SSSR count). The molecule has 6 nitrogen and oxygen atoms in total. The number of hydrogen-bond acceptors (Lipinski definition) is 3. The number of halogens is 1. The Hall–Kier alpha value is -2.34. The number of fused-ring (bicyclic) bond motifs is 1. The summed E-state index contributed by atoms with van der Waals surface area (Å²) in [5.41, 5.74) is 2.40. The Kier molecular flexibility index (Phi) is 4.81. The van der Waals surface area contributed by atoms with Crippen LogP contribution in [0, 0.1) is 13.8 Å². The SMILES string of the molecule is CCC(C(=O)Nc1cc(Cl)ccc1C)N1C(=O)CCn2nc(C)cc21. The Morgan fingerprint density at radius 2 is 2.12 bits per heavy atom. The minimum absolute atomic E-state index is 0.0581. The van der Waals surface area contributed by atoms with E-state index in [0.29, 0.717) is 35.9 Å². The largest absolute Gasteiger partial charge is 0.324 e. The van der Waals surface area contributed by atoms with Crippen molar-refractivity contribution in [2.45, 2.75) is 46.2 Å². The average molecular weight is 361 g/mol. The van der Waals surface area contributed by atoms with Crippen LogP contribution in [0.3, 0.4) is 0 Å². The quantitative estimate of drug-likeness (QED) is 0.909. The summed E-state index contributed by atoms with van der Waals surface area (Å²) in [6.45, 7) is 6.22. The fourth-order valence-electron chi connectivity index (χ4n) is 3.10. The molecular weight excluding hydrogens is 340 g/mol. The van der Waals surface area contributed by atoms with Crippen molar-refractivity contribution in [3.63, 3.8) is 0 Å². The maximum atomic E-state index is 12.9. The van der Waals surface area contributed by atoms with Crippen LogP contribution in [0.4, 0.5) is 11.5 Å². The Balaban J connectivity index is 1.90. The lowest BCUT2D eigenvalue weighted by Gasteiger charge is -2.33. The van der Waals surface area contributed by atoms with Gasteiger partial charge in [0, 0.05) is 23.2 Å². The summed E-state index contributed by atoms with van der Waals surface area (Å²) < 4.78 is 1.79. The van der Waals surface area contributed by atoms with Crippen molar-refractivity contribution in [1.82, 2.24) is 9.78 Å². The predicted molar refractivity (Wildman–Crippen MR) is 98.0 cm³/mol. The maximum Gasteiger partial charge on any atom is 0.247 e. The van der Waals surface area contributed by atoms with E-state index in [1.54, 1.807) is 21.7 Å². The number of aromatic nitrogens is 2. The molecule has 25 heavy (non-hydrogen) atoms. The summed E-state index contributed by atoms with van der Waals surface area (Å²) in [4.78, 5) is 27.0. The molecule has 1 N–H and O–H groups in total. The minimum atomic E-state index is -0.596. The summed E-state index contributed by atoms with van der Waals surface area (Å²) in [5.74, 6) is 0.393. The van der Waals surface area contributed by atoms with Crippen molar-refractivity contribution in [2.24, 2.45) is 0 Å². The Morgan fingerprint density at radius 3 is 2.84 bits per heavy atom. The first kappa shape index (κ1) is 17.5. The molecule has 0 saturated heterocycles. The number of nitrogens with one attached hydrogen (secondary N) is 1. The first-order valence-corrected chi connectivity index (χ1v) is 8.72. The molecule has 2 heterocycles. The van der Waals surface area contributed by atoms with Gasteiger partial charge in [0.15, 0.2) is 0 Å². The number of benzene rings is 1. The third kappa shape index (κ3) is 3.39. The highest BCUT2D eigenvalue weighted by molar-refractivity contribution is 6.31. The topological polar surface area (TPSA) is 67.2 Å². The molecule has 2 amide bonds. The smallest absolute Gasteiger partial charge is 0.247 e. The van der Waals surface area contributed by atoms with Crippen molar-refractivity contribution in [3.05, 3.63) is 40.5 Å². The summed E-state index contributed by atoms with van der Waals surface area (Å²) in [6, 6.07) is 6.59. The second-order valence-corrected chi connectivity index (χ2v) is 6.69. The molecule has 132 valence electrons. The standard InChI is InChI=1S/C18H21ClN4O2/c1-4-15(18(25)20-14-10-13(19)6-5-11(14)2)23-16-9-12(3)21-22(16)8-7-17(23)24/h5-6,9-10,15H,4,7-8H2,1-3H3,(H,20,25). The number of carbonyl (C=O) groups excluding carboxylic acids is 2. The zero-order valence-electron chi connectivity index (χ0n) is 14.5. The molecule has 1 aromatic carbocycles. The Labute approximate surface area is 151 Å². The number of amides is 2. The van der Waals surface area contributed by atoms with Gasteiger partial charge in [-0.3, -0.25) is 14.5 Å². The molecule has 0 radical (unpaired) electrons. The van der Waals surface area contributed by atoms with E-state index in [0.717, 1.165) is 11.3 Å². The number of nitrogens with zero attached hydrogens (tertiary/aromatic N) is 3. The average Bonchev–Trinajstić information content (AvgIpc) is 2.94. The zero-order valence-corrected chi connectivity index (χ0v) is 15.3. The molecule has 1 unspecified atom stereocenters. The highest BCUT2D eigenvalue weighted by Gasteiger charge is 2.35. The molecule has 0 saturated carbocycles. The third-order valence-electron chi connectivity index (χ3n) is 4.39. The van der Waals surface area contributed by atoms with Gasteiger partial charge in [0.05, 0.1) is 12.2 Å². The number of hydrogen-bond donors (Lipinski definition) is 1. The maximum absolute atomic E-state index is 12.9. The molecule has 7 heteroatoms. The van der Waals surface area contributed by atoms with E-state index in [-0.39, 0.29) is 11.8 Å². The third-order valence-corrected chi connectivity index (χ3v) is 4.63. The summed E-state index contributed by atoms with van der Waals surface area (Å²) >= 11 is 6.03. The first-order valence-electron chi connectivity index (χ1n) is 8.34. The van der Waals surface area contributed by atoms with Crippen molar-refractivity contribution in [3.8, 4) is 0 Å². The molecule has 1 aromatic heterocycles. The van der Waals surface area contributed by atoms with Gasteiger partial charge in [-0.05, 0) is 38.0 Å². The molecule has 0 spiro atoms. The van der Waals surface area contributed by atoms with Gasteiger partial charge in [0.1, 0.15) is 11.9 Å². The van der Waals surface area contributed by atoms with Gasteiger partial charge in [-0.25, -0.2) is 4.68 Å². The number of rotatable bonds is 4. The molecule has 2 aromatic rings. The lowest BCUT2D eigenvalue weighted by molar-refractivity contribution is -0.124. The van der Waals surface area contributed by atoms with Crippen LogP contribution >= 0.6 is 11.6 Å². The van der Waals surface area contributed by atoms with Gasteiger partial charge in [-0.2, -0.15) is 5.10 Å². The second-order valence-electron chi connectivity index (χ2n) is 6.25. The van der Waals surface area contributed by atoms with Crippen LogP contribution < -0.4 is 10.2 Å².